The van der Waals surface area contributed by atoms with E-state index >= 15 is 0 Å². The van der Waals surface area contributed by atoms with Gasteiger partial charge >= 0.3 is 0 Å². The molecule has 27 heavy (non-hydrogen) atoms. The lowest BCUT2D eigenvalue weighted by Crippen LogP contribution is -2.54. The summed E-state index contributed by atoms with van der Waals surface area (Å²) in [4.78, 5) is 24.8. The number of rotatable bonds is 3. The first-order chi connectivity index (χ1) is 12.9. The number of nitrogens with one attached hydrogen (secondary N) is 2. The number of halogens is 1. The fourth-order valence-electron chi connectivity index (χ4n) is 4.44. The zero-order valence-corrected chi connectivity index (χ0v) is 15.5. The molecule has 7 nitrogen and oxygen atoms in total. The predicted molar refractivity (Wildman–Crippen MR) is 101 cm³/mol. The number of para-hydroxylation sites is 1. The van der Waals surface area contributed by atoms with Crippen LogP contribution in [-0.4, -0.2) is 30.0 Å². The molecule has 0 aliphatic carbocycles. The molecule has 2 aliphatic rings. The van der Waals surface area contributed by atoms with Crippen LogP contribution in [-0.2, 0) is 10.3 Å². The molecule has 1 spiro atoms. The zero-order chi connectivity index (χ0) is 19.3. The van der Waals surface area contributed by atoms with Gasteiger partial charge in [-0.25, -0.2) is 0 Å². The number of benzene rings is 2. The number of carbonyl (C=O) groups excluding carboxylic acids is 1. The number of hydrogen-bond acceptors (Lipinski definition) is 5. The molecular formula is C19H18ClN3O4. The van der Waals surface area contributed by atoms with Gasteiger partial charge in [0.1, 0.15) is 5.75 Å². The minimum absolute atomic E-state index is 0.318. The van der Waals surface area contributed by atoms with Crippen LogP contribution in [0.1, 0.15) is 24.0 Å². The summed E-state index contributed by atoms with van der Waals surface area (Å²) in [5.74, 6) is -0.449. The highest BCUT2D eigenvalue weighted by molar-refractivity contribution is 6.32. The van der Waals surface area contributed by atoms with Gasteiger partial charge in [-0.1, -0.05) is 35.9 Å². The maximum Gasteiger partial charge on any atom is 0.256 e. The molecule has 140 valence electrons. The molecule has 0 saturated carbocycles. The summed E-state index contributed by atoms with van der Waals surface area (Å²) in [6, 6.07) is 10.7. The van der Waals surface area contributed by atoms with Crippen molar-refractivity contribution in [2.24, 2.45) is 0 Å². The first-order valence-electron chi connectivity index (χ1n) is 8.55. The maximum absolute atomic E-state index is 12.9. The third-order valence-electron chi connectivity index (χ3n) is 5.52. The van der Waals surface area contributed by atoms with Gasteiger partial charge in [-0.15, -0.1) is 0 Å². The fourth-order valence-corrected chi connectivity index (χ4v) is 4.71. The van der Waals surface area contributed by atoms with Crippen molar-refractivity contribution in [3.63, 3.8) is 0 Å². The number of methoxy groups -OCH3 is 1. The van der Waals surface area contributed by atoms with Gasteiger partial charge in [0.2, 0.25) is 0 Å². The van der Waals surface area contributed by atoms with Gasteiger partial charge in [-0.2, -0.15) is 0 Å². The van der Waals surface area contributed by atoms with Crippen LogP contribution in [0.15, 0.2) is 42.5 Å². The lowest BCUT2D eigenvalue weighted by Gasteiger charge is -2.25. The number of nitro groups is 1. The van der Waals surface area contributed by atoms with Gasteiger partial charge in [-0.3, -0.25) is 20.2 Å². The van der Waals surface area contributed by atoms with Crippen molar-refractivity contribution in [3.8, 4) is 5.75 Å². The van der Waals surface area contributed by atoms with Crippen molar-refractivity contribution in [2.75, 3.05) is 12.4 Å². The summed E-state index contributed by atoms with van der Waals surface area (Å²) in [6.07, 6.45) is 0. The van der Waals surface area contributed by atoms with E-state index in [1.165, 1.54) is 7.11 Å². The minimum Gasteiger partial charge on any atom is -0.495 e. The summed E-state index contributed by atoms with van der Waals surface area (Å²) in [5, 5.41) is 18.6. The molecule has 0 radical (unpaired) electrons. The first-order valence-corrected chi connectivity index (χ1v) is 8.93. The molecule has 4 rings (SSSR count). The van der Waals surface area contributed by atoms with Crippen LogP contribution < -0.4 is 15.4 Å². The van der Waals surface area contributed by atoms with Crippen molar-refractivity contribution < 1.29 is 14.5 Å². The van der Waals surface area contributed by atoms with Crippen molar-refractivity contribution in [2.45, 2.75) is 30.5 Å². The second-order valence-electron chi connectivity index (χ2n) is 6.89. The standard InChI is InChI=1S/C19H18ClN3O4/c1-10-16(11-7-8-15(27-2)13(20)9-11)17(23(25)26)19(22-10)12-5-3-4-6-14(12)21-18(19)24/h3-10,16-17,22H,1-2H3,(H,21,24)/t10-,16-,17+,19-/m0/s1. The SMILES string of the molecule is COc1ccc([C@@H]2[C@H](C)N[C@]3(C(=O)Nc4ccccc43)[C@@H]2[N+](=O)[O-])cc1Cl. The van der Waals surface area contributed by atoms with Gasteiger partial charge in [0.05, 0.1) is 18.1 Å². The number of amides is 1. The normalized spacial score (nSPS) is 28.9. The Bertz CT molecular complexity index is 950. The average Bonchev–Trinajstić information content (AvgIpc) is 3.10. The number of anilines is 1. The first kappa shape index (κ1) is 17.8. The summed E-state index contributed by atoms with van der Waals surface area (Å²) in [6.45, 7) is 1.85. The van der Waals surface area contributed by atoms with E-state index < -0.39 is 23.4 Å². The number of ether oxygens (including phenoxy) is 1. The highest BCUT2D eigenvalue weighted by Crippen LogP contribution is 2.50. The number of carbonyl (C=O) groups is 1. The number of nitrogens with zero attached hydrogens (tertiary/aromatic N) is 1. The van der Waals surface area contributed by atoms with Crippen LogP contribution in [0, 0.1) is 10.1 Å². The molecule has 2 N–H and O–H groups in total. The van der Waals surface area contributed by atoms with Crippen LogP contribution in [0.2, 0.25) is 5.02 Å². The van der Waals surface area contributed by atoms with Crippen molar-refractivity contribution in [1.29, 1.82) is 0 Å². The fraction of sp³-hybridized carbons (Fsp3) is 0.316. The molecular weight excluding hydrogens is 370 g/mol. The Morgan fingerprint density at radius 2 is 2.00 bits per heavy atom. The van der Waals surface area contributed by atoms with Gasteiger partial charge in [0.25, 0.3) is 11.9 Å². The van der Waals surface area contributed by atoms with E-state index in [2.05, 4.69) is 10.6 Å². The Balaban J connectivity index is 1.87. The molecule has 4 atom stereocenters. The summed E-state index contributed by atoms with van der Waals surface area (Å²) >= 11 is 6.25. The van der Waals surface area contributed by atoms with E-state index in [1.54, 1.807) is 42.5 Å². The van der Waals surface area contributed by atoms with Gasteiger partial charge in [0.15, 0.2) is 5.54 Å². The Labute approximate surface area is 160 Å². The molecule has 0 unspecified atom stereocenters. The monoisotopic (exact) mass is 387 g/mol. The zero-order valence-electron chi connectivity index (χ0n) is 14.7. The molecule has 1 saturated heterocycles. The van der Waals surface area contributed by atoms with E-state index in [4.69, 9.17) is 16.3 Å². The Kier molecular flexibility index (Phi) is 4.09. The smallest absolute Gasteiger partial charge is 0.256 e. The van der Waals surface area contributed by atoms with Crippen molar-refractivity contribution in [1.82, 2.24) is 5.32 Å². The highest BCUT2D eigenvalue weighted by atomic mass is 35.5. The number of fused-ring (bicyclic) bond motifs is 2. The van der Waals surface area contributed by atoms with Gasteiger partial charge < -0.3 is 10.1 Å². The summed E-state index contributed by atoms with van der Waals surface area (Å²) in [7, 11) is 1.51. The van der Waals surface area contributed by atoms with E-state index in [1.807, 2.05) is 6.92 Å². The van der Waals surface area contributed by atoms with Gasteiger partial charge in [-0.05, 0) is 30.7 Å². The third kappa shape index (κ3) is 2.42. The molecule has 2 aliphatic heterocycles. The second-order valence-corrected chi connectivity index (χ2v) is 7.30. The van der Waals surface area contributed by atoms with E-state index in [9.17, 15) is 14.9 Å². The van der Waals surface area contributed by atoms with E-state index in [0.29, 0.717) is 27.6 Å². The predicted octanol–water partition coefficient (Wildman–Crippen LogP) is 2.92. The number of hydrogen-bond donors (Lipinski definition) is 2. The molecule has 2 aromatic rings. The Morgan fingerprint density at radius 3 is 2.67 bits per heavy atom. The van der Waals surface area contributed by atoms with Crippen LogP contribution in [0.3, 0.4) is 0 Å². The second kappa shape index (κ2) is 6.21. The van der Waals surface area contributed by atoms with Crippen LogP contribution in [0.5, 0.6) is 5.75 Å². The van der Waals surface area contributed by atoms with E-state index in [-0.39, 0.29) is 11.0 Å². The Morgan fingerprint density at radius 1 is 1.26 bits per heavy atom. The summed E-state index contributed by atoms with van der Waals surface area (Å²) < 4.78 is 5.18. The lowest BCUT2D eigenvalue weighted by atomic mass is 9.78. The van der Waals surface area contributed by atoms with Crippen LogP contribution in [0.25, 0.3) is 0 Å². The molecule has 2 heterocycles. The highest BCUT2D eigenvalue weighted by Gasteiger charge is 2.67. The van der Waals surface area contributed by atoms with Crippen molar-refractivity contribution >= 4 is 23.2 Å². The molecule has 1 fully saturated rings. The van der Waals surface area contributed by atoms with Crippen LogP contribution >= 0.6 is 11.6 Å². The quantitative estimate of drug-likeness (QED) is 0.624. The topological polar surface area (TPSA) is 93.5 Å². The third-order valence-corrected chi connectivity index (χ3v) is 5.82. The maximum atomic E-state index is 12.9. The van der Waals surface area contributed by atoms with Crippen LogP contribution in [0.4, 0.5) is 5.69 Å². The summed E-state index contributed by atoms with van der Waals surface area (Å²) in [5.41, 5.74) is 0.473. The molecule has 0 bridgehead atoms. The average molecular weight is 388 g/mol. The molecule has 1 amide bonds. The molecule has 0 aromatic heterocycles. The van der Waals surface area contributed by atoms with E-state index in [0.717, 1.165) is 0 Å². The minimum atomic E-state index is -1.42. The molecule has 8 heteroatoms. The molecule has 2 aromatic carbocycles. The van der Waals surface area contributed by atoms with Crippen molar-refractivity contribution in [3.05, 3.63) is 68.7 Å². The largest absolute Gasteiger partial charge is 0.495 e. The Hall–Kier alpha value is -2.64. The van der Waals surface area contributed by atoms with Gasteiger partial charge in [0, 0.05) is 22.2 Å². The lowest BCUT2D eigenvalue weighted by molar-refractivity contribution is -0.532.